The van der Waals surface area contributed by atoms with Gasteiger partial charge in [0.25, 0.3) is 0 Å². The lowest BCUT2D eigenvalue weighted by atomic mass is 10.1. The maximum absolute atomic E-state index is 11.9. The molecule has 0 spiro atoms. The van der Waals surface area contributed by atoms with Crippen molar-refractivity contribution in [3.63, 3.8) is 0 Å². The molecule has 5 heteroatoms. The molecule has 2 aromatic rings. The molecule has 0 saturated heterocycles. The largest absolute Gasteiger partial charge is 0.457 e. The molecule has 0 N–H and O–H groups in total. The van der Waals surface area contributed by atoms with Crippen molar-refractivity contribution in [1.82, 2.24) is 9.88 Å². The number of hydrogen-bond acceptors (Lipinski definition) is 4. The standard InChI is InChI=1S/C18H21ClN2O2/c1-3-21(4-2)12-14-5-7-15(8-6-14)13-23-18(22)16-9-10-20-17(19)11-16/h5-11H,3-4,12-13H2,1-2H3. The topological polar surface area (TPSA) is 42.4 Å². The molecule has 0 atom stereocenters. The van der Waals surface area contributed by atoms with Crippen LogP contribution in [0.5, 0.6) is 0 Å². The molecule has 23 heavy (non-hydrogen) atoms. The molecule has 0 fully saturated rings. The lowest BCUT2D eigenvalue weighted by Gasteiger charge is -2.18. The highest BCUT2D eigenvalue weighted by Gasteiger charge is 2.08. The molecule has 4 nitrogen and oxygen atoms in total. The van der Waals surface area contributed by atoms with Gasteiger partial charge in [0.1, 0.15) is 11.8 Å². The van der Waals surface area contributed by atoms with Crippen LogP contribution < -0.4 is 0 Å². The van der Waals surface area contributed by atoms with Crippen molar-refractivity contribution in [1.29, 1.82) is 0 Å². The van der Waals surface area contributed by atoms with E-state index in [4.69, 9.17) is 16.3 Å². The van der Waals surface area contributed by atoms with E-state index in [0.717, 1.165) is 25.2 Å². The van der Waals surface area contributed by atoms with Gasteiger partial charge in [-0.15, -0.1) is 0 Å². The lowest BCUT2D eigenvalue weighted by molar-refractivity contribution is 0.0472. The van der Waals surface area contributed by atoms with Crippen molar-refractivity contribution in [3.05, 3.63) is 64.4 Å². The second-order valence-electron chi connectivity index (χ2n) is 5.22. The number of benzene rings is 1. The number of carbonyl (C=O) groups excluding carboxylic acids is 1. The quantitative estimate of drug-likeness (QED) is 0.569. The van der Waals surface area contributed by atoms with Crippen LogP contribution in [0.25, 0.3) is 0 Å². The van der Waals surface area contributed by atoms with Gasteiger partial charge in [-0.05, 0) is 36.3 Å². The molecule has 0 unspecified atom stereocenters. The number of pyridine rings is 1. The Morgan fingerprint density at radius 3 is 2.39 bits per heavy atom. The monoisotopic (exact) mass is 332 g/mol. The molecule has 0 aliphatic carbocycles. The number of carbonyl (C=O) groups is 1. The average Bonchev–Trinajstić information content (AvgIpc) is 2.58. The molecular formula is C18H21ClN2O2. The predicted octanol–water partition coefficient (Wildman–Crippen LogP) is 3.93. The summed E-state index contributed by atoms with van der Waals surface area (Å²) < 4.78 is 5.30. The van der Waals surface area contributed by atoms with Gasteiger partial charge in [-0.1, -0.05) is 49.7 Å². The first kappa shape index (κ1) is 17.4. The first-order chi connectivity index (χ1) is 11.1. The van der Waals surface area contributed by atoms with E-state index in [0.29, 0.717) is 5.56 Å². The Hall–Kier alpha value is -1.91. The van der Waals surface area contributed by atoms with E-state index in [1.807, 2.05) is 12.1 Å². The SMILES string of the molecule is CCN(CC)Cc1ccc(COC(=O)c2ccnc(Cl)c2)cc1. The fourth-order valence-corrected chi connectivity index (χ4v) is 2.38. The number of aromatic nitrogens is 1. The van der Waals surface area contributed by atoms with Crippen LogP contribution in [-0.4, -0.2) is 28.9 Å². The molecule has 0 aliphatic rings. The Labute approximate surface area is 142 Å². The Morgan fingerprint density at radius 2 is 1.78 bits per heavy atom. The Bertz CT molecular complexity index is 640. The molecule has 0 saturated carbocycles. The number of halogens is 1. The Morgan fingerprint density at radius 1 is 1.13 bits per heavy atom. The normalized spacial score (nSPS) is 10.8. The third-order valence-corrected chi connectivity index (χ3v) is 3.86. The van der Waals surface area contributed by atoms with Crippen LogP contribution in [0.15, 0.2) is 42.6 Å². The van der Waals surface area contributed by atoms with Crippen LogP contribution in [0.1, 0.15) is 35.3 Å². The van der Waals surface area contributed by atoms with Gasteiger partial charge in [-0.2, -0.15) is 0 Å². The van der Waals surface area contributed by atoms with Gasteiger partial charge in [0, 0.05) is 12.7 Å². The van der Waals surface area contributed by atoms with Crippen molar-refractivity contribution >= 4 is 17.6 Å². The number of hydrogen-bond donors (Lipinski definition) is 0. The minimum absolute atomic E-state index is 0.240. The first-order valence-electron chi connectivity index (χ1n) is 7.71. The molecule has 0 bridgehead atoms. The van der Waals surface area contributed by atoms with Gasteiger partial charge in [-0.3, -0.25) is 4.90 Å². The first-order valence-corrected chi connectivity index (χ1v) is 8.09. The van der Waals surface area contributed by atoms with Gasteiger partial charge in [0.15, 0.2) is 0 Å². The van der Waals surface area contributed by atoms with Crippen molar-refractivity contribution < 1.29 is 9.53 Å². The van der Waals surface area contributed by atoms with Crippen molar-refractivity contribution in [2.24, 2.45) is 0 Å². The minimum atomic E-state index is -0.401. The molecule has 0 amide bonds. The van der Waals surface area contributed by atoms with E-state index in [9.17, 15) is 4.79 Å². The highest BCUT2D eigenvalue weighted by atomic mass is 35.5. The second kappa shape index (κ2) is 8.65. The van der Waals surface area contributed by atoms with E-state index < -0.39 is 5.97 Å². The van der Waals surface area contributed by atoms with E-state index >= 15 is 0 Å². The fraction of sp³-hybridized carbons (Fsp3) is 0.333. The number of nitrogens with zero attached hydrogens (tertiary/aromatic N) is 2. The van der Waals surface area contributed by atoms with Crippen LogP contribution in [0.4, 0.5) is 0 Å². The zero-order chi connectivity index (χ0) is 16.7. The van der Waals surface area contributed by atoms with Crippen LogP contribution in [0.2, 0.25) is 5.15 Å². The summed E-state index contributed by atoms with van der Waals surface area (Å²) >= 11 is 5.77. The van der Waals surface area contributed by atoms with Crippen LogP contribution in [0.3, 0.4) is 0 Å². The average molecular weight is 333 g/mol. The Balaban J connectivity index is 1.90. The molecule has 122 valence electrons. The molecule has 0 radical (unpaired) electrons. The molecule has 1 aromatic heterocycles. The Kier molecular flexibility index (Phi) is 6.56. The van der Waals surface area contributed by atoms with E-state index in [2.05, 4.69) is 35.9 Å². The summed E-state index contributed by atoms with van der Waals surface area (Å²) in [6.45, 7) is 7.55. The third kappa shape index (κ3) is 5.34. The summed E-state index contributed by atoms with van der Waals surface area (Å²) in [7, 11) is 0. The molecule has 2 rings (SSSR count). The van der Waals surface area contributed by atoms with E-state index in [1.165, 1.54) is 17.8 Å². The summed E-state index contributed by atoms with van der Waals surface area (Å²) in [5.41, 5.74) is 2.62. The van der Waals surface area contributed by atoms with Gasteiger partial charge >= 0.3 is 5.97 Å². The number of ether oxygens (including phenoxy) is 1. The van der Waals surface area contributed by atoms with E-state index in [1.54, 1.807) is 6.07 Å². The van der Waals surface area contributed by atoms with Crippen LogP contribution >= 0.6 is 11.6 Å². The van der Waals surface area contributed by atoms with Gasteiger partial charge < -0.3 is 4.74 Å². The van der Waals surface area contributed by atoms with Gasteiger partial charge in [0.2, 0.25) is 0 Å². The molecule has 1 heterocycles. The maximum atomic E-state index is 11.9. The lowest BCUT2D eigenvalue weighted by Crippen LogP contribution is -2.22. The highest BCUT2D eigenvalue weighted by Crippen LogP contribution is 2.12. The third-order valence-electron chi connectivity index (χ3n) is 3.66. The van der Waals surface area contributed by atoms with Gasteiger partial charge in [-0.25, -0.2) is 9.78 Å². The summed E-state index contributed by atoms with van der Waals surface area (Å²) in [5, 5.41) is 0.278. The fourth-order valence-electron chi connectivity index (χ4n) is 2.21. The number of esters is 1. The molecule has 0 aliphatic heterocycles. The van der Waals surface area contributed by atoms with Crippen LogP contribution in [-0.2, 0) is 17.9 Å². The van der Waals surface area contributed by atoms with E-state index in [-0.39, 0.29) is 11.8 Å². The number of rotatable bonds is 7. The zero-order valence-corrected chi connectivity index (χ0v) is 14.2. The summed E-state index contributed by atoms with van der Waals surface area (Å²) in [5.74, 6) is -0.401. The van der Waals surface area contributed by atoms with Crippen molar-refractivity contribution in [3.8, 4) is 0 Å². The molecule has 1 aromatic carbocycles. The predicted molar refractivity (Wildman–Crippen MR) is 91.4 cm³/mol. The zero-order valence-electron chi connectivity index (χ0n) is 13.5. The smallest absolute Gasteiger partial charge is 0.338 e. The summed E-state index contributed by atoms with van der Waals surface area (Å²) in [6, 6.07) is 11.2. The van der Waals surface area contributed by atoms with Gasteiger partial charge in [0.05, 0.1) is 5.56 Å². The van der Waals surface area contributed by atoms with Crippen molar-refractivity contribution in [2.75, 3.05) is 13.1 Å². The second-order valence-corrected chi connectivity index (χ2v) is 5.61. The highest BCUT2D eigenvalue weighted by molar-refractivity contribution is 6.29. The maximum Gasteiger partial charge on any atom is 0.338 e. The minimum Gasteiger partial charge on any atom is -0.457 e. The summed E-state index contributed by atoms with van der Waals surface area (Å²) in [4.78, 5) is 18.1. The van der Waals surface area contributed by atoms with Crippen molar-refractivity contribution in [2.45, 2.75) is 27.0 Å². The molecular weight excluding hydrogens is 312 g/mol. The summed E-state index contributed by atoms with van der Waals surface area (Å²) in [6.07, 6.45) is 1.49. The van der Waals surface area contributed by atoms with Crippen LogP contribution in [0, 0.1) is 0 Å².